The van der Waals surface area contributed by atoms with Crippen LogP contribution in [0, 0.1) is 5.92 Å². The molecular formula is C39H72O14P2. The Hall–Kier alpha value is -1.73. The Morgan fingerprint density at radius 2 is 1.15 bits per heavy atom. The number of hydrogen-bond acceptors (Lipinski definition) is 11. The highest BCUT2D eigenvalue weighted by atomic mass is 31.2. The van der Waals surface area contributed by atoms with Crippen LogP contribution in [0.5, 0.6) is 0 Å². The fraction of sp³-hybridized carbons (Fsp3) is 0.821. The first-order valence-corrected chi connectivity index (χ1v) is 23.4. The maximum Gasteiger partial charge on any atom is 0.472 e. The van der Waals surface area contributed by atoms with Crippen molar-refractivity contribution in [2.24, 2.45) is 5.92 Å². The Kier molecular flexibility index (Phi) is 33.2. The summed E-state index contributed by atoms with van der Waals surface area (Å²) < 4.78 is 47.6. The van der Waals surface area contributed by atoms with Crippen molar-refractivity contribution in [2.45, 2.75) is 174 Å². The topological polar surface area (TPSA) is 212 Å². The van der Waals surface area contributed by atoms with Gasteiger partial charge in [-0.15, -0.1) is 0 Å². The lowest BCUT2D eigenvalue weighted by Crippen LogP contribution is -2.30. The number of esters is 2. The van der Waals surface area contributed by atoms with Crippen molar-refractivity contribution in [3.05, 3.63) is 24.3 Å². The molecule has 14 nitrogen and oxygen atoms in total. The van der Waals surface area contributed by atoms with Crippen LogP contribution in [0.15, 0.2) is 24.3 Å². The number of carbonyl (C=O) groups is 3. The summed E-state index contributed by atoms with van der Waals surface area (Å²) in [4.78, 5) is 64.6. The third-order valence-corrected chi connectivity index (χ3v) is 9.92. The van der Waals surface area contributed by atoms with E-state index in [9.17, 15) is 33.5 Å². The molecule has 1 unspecified atom stereocenters. The average Bonchev–Trinajstić information content (AvgIpc) is 3.12. The summed E-state index contributed by atoms with van der Waals surface area (Å²) in [5.41, 5.74) is 0. The molecule has 3 atom stereocenters. The molecule has 55 heavy (non-hydrogen) atoms. The van der Waals surface area contributed by atoms with Crippen LogP contribution in [0.2, 0.25) is 0 Å². The molecule has 0 aliphatic carbocycles. The number of unbranched alkanes of at least 4 members (excludes halogenated alkanes) is 15. The van der Waals surface area contributed by atoms with E-state index >= 15 is 0 Å². The monoisotopic (exact) mass is 826 g/mol. The number of allylic oxidation sites excluding steroid dienone is 4. The predicted molar refractivity (Wildman–Crippen MR) is 212 cm³/mol. The molecule has 0 radical (unpaired) electrons. The van der Waals surface area contributed by atoms with Crippen LogP contribution in [0.4, 0.5) is 0 Å². The fourth-order valence-electron chi connectivity index (χ4n) is 5.34. The highest BCUT2D eigenvalue weighted by Gasteiger charge is 2.28. The minimum atomic E-state index is -4.87. The number of hydrogen-bond donors (Lipinski definition) is 4. The molecule has 0 aromatic heterocycles. The maximum atomic E-state index is 12.6. The van der Waals surface area contributed by atoms with Gasteiger partial charge in [-0.3, -0.25) is 28.0 Å². The van der Waals surface area contributed by atoms with Crippen LogP contribution in [0.25, 0.3) is 0 Å². The molecular weight excluding hydrogens is 754 g/mol. The molecule has 0 fully saturated rings. The van der Waals surface area contributed by atoms with Crippen molar-refractivity contribution >= 4 is 33.4 Å². The summed E-state index contributed by atoms with van der Waals surface area (Å²) in [6, 6.07) is 0. The average molecular weight is 827 g/mol. The molecule has 0 aliphatic heterocycles. The summed E-state index contributed by atoms with van der Waals surface area (Å²) >= 11 is 0. The smallest absolute Gasteiger partial charge is 0.462 e. The van der Waals surface area contributed by atoms with Crippen molar-refractivity contribution in [2.75, 3.05) is 26.4 Å². The molecule has 0 aromatic rings. The number of aliphatic hydroxyl groups excluding tert-OH is 1. The number of aliphatic hydroxyl groups is 1. The second-order valence-corrected chi connectivity index (χ2v) is 17.1. The third-order valence-electron chi connectivity index (χ3n) is 8.49. The number of phosphoric ester groups is 2. The van der Waals surface area contributed by atoms with E-state index in [1.54, 1.807) is 12.2 Å². The number of carbonyl (C=O) groups excluding carboxylic acids is 3. The zero-order valence-electron chi connectivity index (χ0n) is 33.7. The lowest BCUT2D eigenvalue weighted by atomic mass is 10.0. The summed E-state index contributed by atoms with van der Waals surface area (Å²) in [5.74, 6) is -0.295. The van der Waals surface area contributed by atoms with Gasteiger partial charge in [-0.1, -0.05) is 129 Å². The Morgan fingerprint density at radius 1 is 0.618 bits per heavy atom. The molecule has 16 heteroatoms. The van der Waals surface area contributed by atoms with Gasteiger partial charge in [0.1, 0.15) is 12.7 Å². The molecule has 0 bridgehead atoms. The summed E-state index contributed by atoms with van der Waals surface area (Å²) in [6.45, 7) is 3.84. The minimum Gasteiger partial charge on any atom is -0.462 e. The highest BCUT2D eigenvalue weighted by Crippen LogP contribution is 2.43. The van der Waals surface area contributed by atoms with Gasteiger partial charge in [0.15, 0.2) is 11.9 Å². The van der Waals surface area contributed by atoms with Gasteiger partial charge in [-0.2, -0.15) is 0 Å². The van der Waals surface area contributed by atoms with Crippen LogP contribution in [-0.2, 0) is 46.6 Å². The molecule has 0 amide bonds. The van der Waals surface area contributed by atoms with Crippen molar-refractivity contribution < 1.29 is 66.3 Å². The van der Waals surface area contributed by atoms with Gasteiger partial charge in [0, 0.05) is 19.3 Å². The predicted octanol–water partition coefficient (Wildman–Crippen LogP) is 8.98. The lowest BCUT2D eigenvalue weighted by molar-refractivity contribution is -0.161. The second kappa shape index (κ2) is 34.3. The van der Waals surface area contributed by atoms with Gasteiger partial charge in [0.25, 0.3) is 0 Å². The highest BCUT2D eigenvalue weighted by molar-refractivity contribution is 7.47. The van der Waals surface area contributed by atoms with E-state index in [-0.39, 0.29) is 18.6 Å². The van der Waals surface area contributed by atoms with E-state index in [0.29, 0.717) is 19.3 Å². The molecule has 4 N–H and O–H groups in total. The van der Waals surface area contributed by atoms with Crippen LogP contribution < -0.4 is 0 Å². The summed E-state index contributed by atoms with van der Waals surface area (Å²) in [5, 5.41) is 9.72. The van der Waals surface area contributed by atoms with Crippen molar-refractivity contribution in [1.29, 1.82) is 0 Å². The number of phosphoric acid groups is 2. The lowest BCUT2D eigenvalue weighted by Gasteiger charge is -2.20. The van der Waals surface area contributed by atoms with Gasteiger partial charge in [-0.25, -0.2) is 9.13 Å². The first-order chi connectivity index (χ1) is 26.1. The minimum absolute atomic E-state index is 0.0493. The Morgan fingerprint density at radius 3 is 1.73 bits per heavy atom. The van der Waals surface area contributed by atoms with E-state index in [1.165, 1.54) is 51.4 Å². The van der Waals surface area contributed by atoms with Gasteiger partial charge >= 0.3 is 27.6 Å². The van der Waals surface area contributed by atoms with Gasteiger partial charge in [0.05, 0.1) is 19.8 Å². The zero-order chi connectivity index (χ0) is 41.2. The second-order valence-electron chi connectivity index (χ2n) is 14.4. The first kappa shape index (κ1) is 53.3. The van der Waals surface area contributed by atoms with Crippen LogP contribution in [-0.4, -0.2) is 76.1 Å². The molecule has 0 aromatic carbocycles. The normalized spacial score (nSPS) is 14.4. The molecule has 322 valence electrons. The van der Waals surface area contributed by atoms with Crippen LogP contribution in [0.3, 0.4) is 0 Å². The fourth-order valence-corrected chi connectivity index (χ4v) is 6.49. The number of ether oxygens (including phenoxy) is 2. The standard InChI is InChI=1S/C39H72O14P2/c1-4-5-6-7-11-16-21-26-35(40)27-22-17-14-19-24-29-39(43)53-37(33-52-55(47,48)51-31-36(41)30-50-54(44,45)46)32-49-38(42)28-23-18-13-10-8-9-12-15-20-25-34(2)3/h11,16,21,26,34,36-37,41H,4-10,12-15,17-20,22-25,27-33H2,1-3H3,(H,47,48)(H2,44,45,46)/b16-11-,26-21+/t36-,37+/m0/s1. The van der Waals surface area contributed by atoms with Gasteiger partial charge in [-0.05, 0) is 44.1 Å². The molecule has 0 heterocycles. The molecule has 0 saturated heterocycles. The molecule has 0 rings (SSSR count). The Bertz CT molecular complexity index is 1150. The maximum absolute atomic E-state index is 12.6. The van der Waals surface area contributed by atoms with Gasteiger partial charge < -0.3 is 29.3 Å². The first-order valence-electron chi connectivity index (χ1n) is 20.3. The quantitative estimate of drug-likeness (QED) is 0.0150. The van der Waals surface area contributed by atoms with E-state index in [1.807, 2.05) is 6.08 Å². The molecule has 0 saturated carbocycles. The van der Waals surface area contributed by atoms with E-state index < -0.39 is 66.2 Å². The van der Waals surface area contributed by atoms with Crippen molar-refractivity contribution in [3.63, 3.8) is 0 Å². The van der Waals surface area contributed by atoms with E-state index in [0.717, 1.165) is 63.7 Å². The summed E-state index contributed by atoms with van der Waals surface area (Å²) in [6.07, 6.45) is 24.4. The Labute approximate surface area is 330 Å². The van der Waals surface area contributed by atoms with E-state index in [2.05, 4.69) is 35.9 Å². The van der Waals surface area contributed by atoms with Gasteiger partial charge in [0.2, 0.25) is 0 Å². The number of ketones is 1. The summed E-state index contributed by atoms with van der Waals surface area (Å²) in [7, 11) is -9.70. The molecule has 0 aliphatic rings. The van der Waals surface area contributed by atoms with Crippen molar-refractivity contribution in [3.8, 4) is 0 Å². The third kappa shape index (κ3) is 38.9. The zero-order valence-corrected chi connectivity index (χ0v) is 35.5. The largest absolute Gasteiger partial charge is 0.472 e. The van der Waals surface area contributed by atoms with E-state index in [4.69, 9.17) is 23.8 Å². The SMILES string of the molecule is CCCCC/C=C\C=C\C(=O)CCCCCCCC(=O)O[C@H](COC(=O)CCCCCCCCCCCC(C)C)COP(=O)(O)OC[C@@H](O)COP(=O)(O)O. The molecule has 0 spiro atoms. The van der Waals surface area contributed by atoms with Crippen molar-refractivity contribution in [1.82, 2.24) is 0 Å². The Balaban J connectivity index is 4.64. The number of rotatable bonds is 38. The van der Waals surface area contributed by atoms with Crippen LogP contribution in [0.1, 0.15) is 162 Å². The van der Waals surface area contributed by atoms with Crippen LogP contribution >= 0.6 is 15.6 Å².